The quantitative estimate of drug-likeness (QED) is 0.658. The van der Waals surface area contributed by atoms with Gasteiger partial charge in [0, 0.05) is 19.1 Å². The zero-order chi connectivity index (χ0) is 19.6. The van der Waals surface area contributed by atoms with Crippen LogP contribution in [0.2, 0.25) is 0 Å². The number of aryl methyl sites for hydroxylation is 1. The maximum atomic E-state index is 12.9. The lowest BCUT2D eigenvalue weighted by atomic mass is 10.1. The van der Waals surface area contributed by atoms with Crippen LogP contribution in [0.15, 0.2) is 29.4 Å². The lowest BCUT2D eigenvalue weighted by molar-refractivity contribution is -0.130. The number of hydrogen-bond donors (Lipinski definition) is 0. The van der Waals surface area contributed by atoms with Crippen molar-refractivity contribution in [2.75, 3.05) is 23.8 Å². The summed E-state index contributed by atoms with van der Waals surface area (Å²) >= 11 is 1.43. The summed E-state index contributed by atoms with van der Waals surface area (Å²) in [5.41, 5.74) is 1.99. The van der Waals surface area contributed by atoms with E-state index in [1.165, 1.54) is 11.8 Å². The second-order valence-corrected chi connectivity index (χ2v) is 10.6. The summed E-state index contributed by atoms with van der Waals surface area (Å²) in [5.74, 6) is 0.821. The number of carbonyl (C=O) groups excluding carboxylic acids is 1. The summed E-state index contributed by atoms with van der Waals surface area (Å²) in [6, 6.07) is 7.75. The monoisotopic (exact) mass is 409 g/mol. The van der Waals surface area contributed by atoms with Crippen LogP contribution in [-0.2, 0) is 21.2 Å². The maximum absolute atomic E-state index is 12.9. The normalized spacial score (nSPS) is 19.0. The Bertz CT molecular complexity index is 921. The molecule has 1 aromatic carbocycles. The van der Waals surface area contributed by atoms with Crippen molar-refractivity contribution in [2.24, 2.45) is 5.92 Å². The molecule has 3 rings (SSSR count). The number of thioether (sulfide) groups is 1. The second-order valence-electron chi connectivity index (χ2n) is 7.41. The molecule has 1 saturated heterocycles. The van der Waals surface area contributed by atoms with E-state index in [0.29, 0.717) is 18.9 Å². The number of benzene rings is 1. The molecule has 0 bridgehead atoms. The summed E-state index contributed by atoms with van der Waals surface area (Å²) in [4.78, 5) is 19.4. The Kier molecular flexibility index (Phi) is 6.15. The largest absolute Gasteiger partial charge is 0.338 e. The van der Waals surface area contributed by atoms with Gasteiger partial charge in [0.25, 0.3) is 0 Å². The highest BCUT2D eigenvalue weighted by Gasteiger charge is 2.34. The minimum atomic E-state index is -3.02. The summed E-state index contributed by atoms with van der Waals surface area (Å²) in [5, 5.41) is 0.829. The predicted molar refractivity (Wildman–Crippen MR) is 110 cm³/mol. The fraction of sp³-hybridized carbons (Fsp3) is 0.579. The lowest BCUT2D eigenvalue weighted by Gasteiger charge is -2.29. The van der Waals surface area contributed by atoms with Gasteiger partial charge in [0.15, 0.2) is 15.0 Å². The van der Waals surface area contributed by atoms with Crippen LogP contribution in [0.4, 0.5) is 0 Å². The first-order valence-electron chi connectivity index (χ1n) is 9.38. The van der Waals surface area contributed by atoms with E-state index in [1.807, 2.05) is 38.1 Å². The third-order valence-corrected chi connectivity index (χ3v) is 7.50. The summed E-state index contributed by atoms with van der Waals surface area (Å²) in [6.07, 6.45) is 0.541. The minimum Gasteiger partial charge on any atom is -0.338 e. The van der Waals surface area contributed by atoms with Gasteiger partial charge in [-0.25, -0.2) is 13.4 Å². The van der Waals surface area contributed by atoms with Gasteiger partial charge >= 0.3 is 0 Å². The Balaban J connectivity index is 1.74. The van der Waals surface area contributed by atoms with E-state index in [0.717, 1.165) is 22.7 Å². The van der Waals surface area contributed by atoms with Crippen molar-refractivity contribution in [1.29, 1.82) is 0 Å². The average Bonchev–Trinajstić information content (AvgIpc) is 3.16. The number of nitrogens with zero attached hydrogens (tertiary/aromatic N) is 3. The van der Waals surface area contributed by atoms with Gasteiger partial charge in [-0.15, -0.1) is 0 Å². The van der Waals surface area contributed by atoms with E-state index in [2.05, 4.69) is 16.5 Å². The molecule has 0 aliphatic carbocycles. The van der Waals surface area contributed by atoms with Crippen molar-refractivity contribution in [3.05, 3.63) is 24.3 Å². The zero-order valence-electron chi connectivity index (χ0n) is 16.1. The third-order valence-electron chi connectivity index (χ3n) is 4.79. The number of aromatic nitrogens is 2. The Morgan fingerprint density at radius 2 is 2.11 bits per heavy atom. The first-order chi connectivity index (χ1) is 12.8. The molecule has 8 heteroatoms. The van der Waals surface area contributed by atoms with E-state index in [1.54, 1.807) is 4.90 Å². The summed E-state index contributed by atoms with van der Waals surface area (Å²) < 4.78 is 25.8. The van der Waals surface area contributed by atoms with Gasteiger partial charge in [-0.05, 0) is 31.4 Å². The molecule has 6 nitrogen and oxygen atoms in total. The Labute approximate surface area is 165 Å². The van der Waals surface area contributed by atoms with Gasteiger partial charge < -0.3 is 9.47 Å². The Hall–Kier alpha value is -1.54. The molecule has 1 amide bonds. The van der Waals surface area contributed by atoms with Crippen LogP contribution in [0.1, 0.15) is 27.2 Å². The van der Waals surface area contributed by atoms with Gasteiger partial charge in [-0.2, -0.15) is 0 Å². The number of fused-ring (bicyclic) bond motifs is 1. The molecule has 2 aromatic rings. The molecule has 1 aliphatic rings. The first kappa shape index (κ1) is 20.2. The molecular weight excluding hydrogens is 382 g/mol. The molecule has 1 aromatic heterocycles. The topological polar surface area (TPSA) is 72.3 Å². The molecule has 0 radical (unpaired) electrons. The fourth-order valence-electron chi connectivity index (χ4n) is 3.55. The van der Waals surface area contributed by atoms with E-state index < -0.39 is 9.84 Å². The molecule has 1 unspecified atom stereocenters. The van der Waals surface area contributed by atoms with Crippen molar-refractivity contribution >= 4 is 38.5 Å². The van der Waals surface area contributed by atoms with Crippen LogP contribution in [0.3, 0.4) is 0 Å². The van der Waals surface area contributed by atoms with Crippen molar-refractivity contribution in [1.82, 2.24) is 14.5 Å². The Morgan fingerprint density at radius 1 is 1.37 bits per heavy atom. The maximum Gasteiger partial charge on any atom is 0.233 e. The highest BCUT2D eigenvalue weighted by Crippen LogP contribution is 2.26. The Morgan fingerprint density at radius 3 is 2.74 bits per heavy atom. The van der Waals surface area contributed by atoms with Gasteiger partial charge in [0.1, 0.15) is 0 Å². The van der Waals surface area contributed by atoms with Crippen LogP contribution in [0.5, 0.6) is 0 Å². The highest BCUT2D eigenvalue weighted by atomic mass is 32.2. The van der Waals surface area contributed by atoms with E-state index in [9.17, 15) is 13.2 Å². The van der Waals surface area contributed by atoms with Gasteiger partial charge in [0.05, 0.1) is 28.3 Å². The van der Waals surface area contributed by atoms with Crippen LogP contribution >= 0.6 is 11.8 Å². The molecule has 0 saturated carbocycles. The third kappa shape index (κ3) is 4.66. The van der Waals surface area contributed by atoms with Gasteiger partial charge in [-0.1, -0.05) is 37.7 Å². The number of carbonyl (C=O) groups is 1. The summed E-state index contributed by atoms with van der Waals surface area (Å²) in [7, 11) is -3.02. The summed E-state index contributed by atoms with van der Waals surface area (Å²) in [6.45, 7) is 7.53. The van der Waals surface area contributed by atoms with Crippen molar-refractivity contribution in [3.8, 4) is 0 Å². The molecule has 2 heterocycles. The van der Waals surface area contributed by atoms with Crippen molar-refractivity contribution < 1.29 is 13.2 Å². The van der Waals surface area contributed by atoms with Crippen molar-refractivity contribution in [3.63, 3.8) is 0 Å². The van der Waals surface area contributed by atoms with E-state index in [-0.39, 0.29) is 29.2 Å². The zero-order valence-corrected chi connectivity index (χ0v) is 17.7. The van der Waals surface area contributed by atoms with Gasteiger partial charge in [0.2, 0.25) is 5.91 Å². The predicted octanol–water partition coefficient (Wildman–Crippen LogP) is 2.82. The van der Waals surface area contributed by atoms with Crippen LogP contribution in [-0.4, -0.2) is 58.6 Å². The van der Waals surface area contributed by atoms with Gasteiger partial charge in [-0.3, -0.25) is 4.79 Å². The van der Waals surface area contributed by atoms with Crippen LogP contribution in [0, 0.1) is 5.92 Å². The first-order valence-corrected chi connectivity index (χ1v) is 12.2. The lowest BCUT2D eigenvalue weighted by Crippen LogP contribution is -2.44. The molecule has 0 spiro atoms. The standard InChI is InChI=1S/C19H27N3O3S2/c1-4-21-17-8-6-5-7-16(17)20-19(21)26-12-18(23)22(11-14(2)3)15-9-10-27(24,25)13-15/h5-8,14-15H,4,9-13H2,1-3H3. The van der Waals surface area contributed by atoms with Crippen molar-refractivity contribution in [2.45, 2.75) is 44.9 Å². The molecule has 148 valence electrons. The smallest absolute Gasteiger partial charge is 0.233 e. The second kappa shape index (κ2) is 8.22. The van der Waals surface area contributed by atoms with Crippen LogP contribution < -0.4 is 0 Å². The minimum absolute atomic E-state index is 0.00879. The molecular formula is C19H27N3O3S2. The molecule has 1 atom stereocenters. The number of imidazole rings is 1. The number of hydrogen-bond acceptors (Lipinski definition) is 5. The average molecular weight is 410 g/mol. The molecule has 1 fully saturated rings. The van der Waals surface area contributed by atoms with E-state index in [4.69, 9.17) is 0 Å². The molecule has 27 heavy (non-hydrogen) atoms. The number of para-hydroxylation sites is 2. The highest BCUT2D eigenvalue weighted by molar-refractivity contribution is 7.99. The van der Waals surface area contributed by atoms with Crippen LogP contribution in [0.25, 0.3) is 11.0 Å². The molecule has 0 N–H and O–H groups in total. The number of rotatable bonds is 7. The molecule has 1 aliphatic heterocycles. The number of sulfone groups is 1. The van der Waals surface area contributed by atoms with E-state index >= 15 is 0 Å². The SMILES string of the molecule is CCn1c(SCC(=O)N(CC(C)C)C2CCS(=O)(=O)C2)nc2ccccc21. The fourth-order valence-corrected chi connectivity index (χ4v) is 6.24. The number of amides is 1.